The van der Waals surface area contributed by atoms with Gasteiger partial charge in [-0.25, -0.2) is 0 Å². The van der Waals surface area contributed by atoms with Gasteiger partial charge in [-0.3, -0.25) is 0 Å². The highest BCUT2D eigenvalue weighted by atomic mass is 16.5. The molecule has 0 radical (unpaired) electrons. The summed E-state index contributed by atoms with van der Waals surface area (Å²) >= 11 is 0. The van der Waals surface area contributed by atoms with E-state index < -0.39 is 0 Å². The average Bonchev–Trinajstić information content (AvgIpc) is 1.99. The monoisotopic (exact) mass is 155 g/mol. The molecule has 0 amide bonds. The predicted octanol–water partition coefficient (Wildman–Crippen LogP) is 2.04. The second-order valence-corrected chi connectivity index (χ2v) is 2.69. The predicted molar refractivity (Wildman–Crippen MR) is 47.9 cm³/mol. The highest BCUT2D eigenvalue weighted by Gasteiger charge is 2.03. The Morgan fingerprint density at radius 2 is 2.18 bits per heavy atom. The SMILES string of the molecule is C=C(CN)O/C(=C\C)C(C)C. The van der Waals surface area contributed by atoms with Gasteiger partial charge in [-0.1, -0.05) is 20.4 Å². The van der Waals surface area contributed by atoms with Crippen LogP contribution in [0.25, 0.3) is 0 Å². The van der Waals surface area contributed by atoms with Gasteiger partial charge in [-0.2, -0.15) is 0 Å². The maximum Gasteiger partial charge on any atom is 0.110 e. The molecule has 0 aromatic carbocycles. The van der Waals surface area contributed by atoms with Crippen molar-refractivity contribution in [2.75, 3.05) is 6.54 Å². The maximum atomic E-state index is 5.35. The molecule has 2 nitrogen and oxygen atoms in total. The smallest absolute Gasteiger partial charge is 0.110 e. The van der Waals surface area contributed by atoms with Crippen LogP contribution in [0.3, 0.4) is 0 Å². The van der Waals surface area contributed by atoms with Crippen LogP contribution >= 0.6 is 0 Å². The van der Waals surface area contributed by atoms with Crippen LogP contribution in [-0.4, -0.2) is 6.54 Å². The van der Waals surface area contributed by atoms with Crippen molar-refractivity contribution in [2.45, 2.75) is 20.8 Å². The molecule has 0 aliphatic rings. The van der Waals surface area contributed by atoms with E-state index in [1.54, 1.807) is 0 Å². The van der Waals surface area contributed by atoms with Gasteiger partial charge in [0.15, 0.2) is 0 Å². The molecule has 11 heavy (non-hydrogen) atoms. The number of rotatable bonds is 4. The molecule has 0 saturated carbocycles. The summed E-state index contributed by atoms with van der Waals surface area (Å²) < 4.78 is 5.35. The van der Waals surface area contributed by atoms with Crippen molar-refractivity contribution in [3.8, 4) is 0 Å². The highest BCUT2D eigenvalue weighted by molar-refractivity contribution is 5.00. The van der Waals surface area contributed by atoms with E-state index in [0.717, 1.165) is 5.76 Å². The lowest BCUT2D eigenvalue weighted by molar-refractivity contribution is 0.263. The number of ether oxygens (including phenoxy) is 1. The topological polar surface area (TPSA) is 35.2 Å². The first-order valence-corrected chi connectivity index (χ1v) is 3.83. The quantitative estimate of drug-likeness (QED) is 0.630. The van der Waals surface area contributed by atoms with Crippen molar-refractivity contribution < 1.29 is 4.74 Å². The van der Waals surface area contributed by atoms with Crippen LogP contribution in [0.2, 0.25) is 0 Å². The van der Waals surface area contributed by atoms with Gasteiger partial charge in [0.1, 0.15) is 11.5 Å². The molecule has 0 spiro atoms. The van der Waals surface area contributed by atoms with E-state index in [1.165, 1.54) is 0 Å². The summed E-state index contributed by atoms with van der Waals surface area (Å²) in [5, 5.41) is 0. The van der Waals surface area contributed by atoms with Gasteiger partial charge in [-0.15, -0.1) is 0 Å². The van der Waals surface area contributed by atoms with E-state index in [1.807, 2.05) is 13.0 Å². The van der Waals surface area contributed by atoms with Crippen LogP contribution in [0.5, 0.6) is 0 Å². The van der Waals surface area contributed by atoms with Crippen LogP contribution in [0, 0.1) is 5.92 Å². The molecule has 0 aromatic rings. The van der Waals surface area contributed by atoms with Gasteiger partial charge in [0, 0.05) is 5.92 Å². The summed E-state index contributed by atoms with van der Waals surface area (Å²) in [5.74, 6) is 1.94. The Hall–Kier alpha value is -0.760. The zero-order chi connectivity index (χ0) is 8.85. The van der Waals surface area contributed by atoms with E-state index in [0.29, 0.717) is 18.2 Å². The van der Waals surface area contributed by atoms with Crippen molar-refractivity contribution in [1.82, 2.24) is 0 Å². The number of hydrogen-bond acceptors (Lipinski definition) is 2. The minimum atomic E-state index is 0.379. The lowest BCUT2D eigenvalue weighted by Gasteiger charge is -2.13. The maximum absolute atomic E-state index is 5.35. The van der Waals surface area contributed by atoms with Gasteiger partial charge in [0.25, 0.3) is 0 Å². The molecule has 0 aliphatic heterocycles. The Morgan fingerprint density at radius 1 is 1.64 bits per heavy atom. The third kappa shape index (κ3) is 3.83. The third-order valence-corrected chi connectivity index (χ3v) is 1.34. The third-order valence-electron chi connectivity index (χ3n) is 1.34. The summed E-state index contributed by atoms with van der Waals surface area (Å²) in [7, 11) is 0. The Labute approximate surface area is 68.7 Å². The number of nitrogens with two attached hydrogens (primary N) is 1. The Balaban J connectivity index is 4.00. The van der Waals surface area contributed by atoms with Gasteiger partial charge in [0.05, 0.1) is 6.54 Å². The first kappa shape index (κ1) is 10.2. The molecule has 0 unspecified atom stereocenters. The molecule has 0 bridgehead atoms. The largest absolute Gasteiger partial charge is 0.465 e. The number of allylic oxidation sites excluding steroid dienone is 2. The van der Waals surface area contributed by atoms with Crippen molar-refractivity contribution in [3.05, 3.63) is 24.2 Å². The molecule has 0 saturated heterocycles. The van der Waals surface area contributed by atoms with Crippen molar-refractivity contribution in [2.24, 2.45) is 11.7 Å². The molecular weight excluding hydrogens is 138 g/mol. The minimum Gasteiger partial charge on any atom is -0.465 e. The zero-order valence-electron chi connectivity index (χ0n) is 7.55. The second-order valence-electron chi connectivity index (χ2n) is 2.69. The van der Waals surface area contributed by atoms with Crippen LogP contribution in [0.15, 0.2) is 24.2 Å². The van der Waals surface area contributed by atoms with E-state index in [2.05, 4.69) is 20.4 Å². The van der Waals surface area contributed by atoms with Crippen LogP contribution < -0.4 is 5.73 Å². The molecule has 0 aliphatic carbocycles. The van der Waals surface area contributed by atoms with E-state index in [4.69, 9.17) is 10.5 Å². The fourth-order valence-electron chi connectivity index (χ4n) is 0.718. The van der Waals surface area contributed by atoms with Gasteiger partial charge in [0.2, 0.25) is 0 Å². The van der Waals surface area contributed by atoms with Crippen molar-refractivity contribution in [1.29, 1.82) is 0 Å². The summed E-state index contributed by atoms with van der Waals surface area (Å²) in [6, 6.07) is 0. The second kappa shape index (κ2) is 4.97. The first-order valence-electron chi connectivity index (χ1n) is 3.83. The molecule has 0 fully saturated rings. The Bertz CT molecular complexity index is 159. The average molecular weight is 155 g/mol. The van der Waals surface area contributed by atoms with Crippen LogP contribution in [-0.2, 0) is 4.74 Å². The molecule has 0 heterocycles. The van der Waals surface area contributed by atoms with Gasteiger partial charge in [-0.05, 0) is 13.0 Å². The summed E-state index contributed by atoms with van der Waals surface area (Å²) in [6.07, 6.45) is 1.94. The van der Waals surface area contributed by atoms with Crippen molar-refractivity contribution in [3.63, 3.8) is 0 Å². The Kier molecular flexibility index (Phi) is 4.62. The van der Waals surface area contributed by atoms with E-state index in [-0.39, 0.29) is 0 Å². The highest BCUT2D eigenvalue weighted by Crippen LogP contribution is 2.13. The lowest BCUT2D eigenvalue weighted by Crippen LogP contribution is -2.07. The molecule has 64 valence electrons. The van der Waals surface area contributed by atoms with Crippen LogP contribution in [0.4, 0.5) is 0 Å². The molecular formula is C9H17NO. The zero-order valence-corrected chi connectivity index (χ0v) is 7.55. The van der Waals surface area contributed by atoms with E-state index >= 15 is 0 Å². The fourth-order valence-corrected chi connectivity index (χ4v) is 0.718. The summed E-state index contributed by atoms with van der Waals surface area (Å²) in [5.41, 5.74) is 5.32. The lowest BCUT2D eigenvalue weighted by atomic mass is 10.2. The molecule has 2 N–H and O–H groups in total. The molecule has 0 atom stereocenters. The fraction of sp³-hybridized carbons (Fsp3) is 0.556. The normalized spacial score (nSPS) is 11.9. The first-order chi connectivity index (χ1) is 5.11. The van der Waals surface area contributed by atoms with E-state index in [9.17, 15) is 0 Å². The standard InChI is InChI=1S/C9H17NO/c1-5-9(7(2)3)11-8(4)6-10/h5,7H,4,6,10H2,1-3H3/b9-5-. The minimum absolute atomic E-state index is 0.379. The molecule has 2 heteroatoms. The number of hydrogen-bond donors (Lipinski definition) is 1. The molecule has 0 aromatic heterocycles. The van der Waals surface area contributed by atoms with Crippen LogP contribution in [0.1, 0.15) is 20.8 Å². The summed E-state index contributed by atoms with van der Waals surface area (Å²) in [6.45, 7) is 10.1. The van der Waals surface area contributed by atoms with Crippen molar-refractivity contribution >= 4 is 0 Å². The van der Waals surface area contributed by atoms with Gasteiger partial charge >= 0.3 is 0 Å². The van der Waals surface area contributed by atoms with Gasteiger partial charge < -0.3 is 10.5 Å². The molecule has 0 rings (SSSR count). The summed E-state index contributed by atoms with van der Waals surface area (Å²) in [4.78, 5) is 0. The Morgan fingerprint density at radius 3 is 2.45 bits per heavy atom.